The van der Waals surface area contributed by atoms with Gasteiger partial charge in [-0.25, -0.2) is 15.0 Å². The van der Waals surface area contributed by atoms with E-state index in [-0.39, 0.29) is 5.91 Å². The number of amides is 1. The van der Waals surface area contributed by atoms with Crippen molar-refractivity contribution < 1.29 is 9.32 Å². The van der Waals surface area contributed by atoms with Crippen LogP contribution in [0.25, 0.3) is 22.6 Å². The maximum Gasteiger partial charge on any atom is 0.222 e. The number of nitrogens with zero attached hydrogens (tertiary/aromatic N) is 5. The van der Waals surface area contributed by atoms with Gasteiger partial charge in [0, 0.05) is 26.1 Å². The topological polar surface area (TPSA) is 113 Å². The molecule has 0 spiro atoms. The molecule has 26 heavy (non-hydrogen) atoms. The Morgan fingerprint density at radius 1 is 1.35 bits per heavy atom. The number of rotatable bonds is 6. The Balaban J connectivity index is 1.52. The third kappa shape index (κ3) is 3.00. The Hall–Kier alpha value is -2.97. The molecule has 0 aliphatic carbocycles. The molecule has 1 amide bonds. The van der Waals surface area contributed by atoms with E-state index in [0.29, 0.717) is 36.0 Å². The van der Waals surface area contributed by atoms with Crippen LogP contribution in [-0.4, -0.2) is 55.5 Å². The first-order valence-corrected chi connectivity index (χ1v) is 8.79. The Kier molecular flexibility index (Phi) is 4.27. The Labute approximate surface area is 150 Å². The summed E-state index contributed by atoms with van der Waals surface area (Å²) in [5.41, 5.74) is 2.89. The predicted octanol–water partition coefficient (Wildman–Crippen LogP) is 2.05. The molecule has 0 unspecified atom stereocenters. The molecule has 2 N–H and O–H groups in total. The maximum atomic E-state index is 11.7. The number of hydrogen-bond donors (Lipinski definition) is 2. The fourth-order valence-corrected chi connectivity index (χ4v) is 3.29. The number of imidazole rings is 1. The lowest BCUT2D eigenvalue weighted by atomic mass is 10.2. The predicted molar refractivity (Wildman–Crippen MR) is 95.6 cm³/mol. The van der Waals surface area contributed by atoms with Crippen LogP contribution in [0, 0.1) is 13.8 Å². The zero-order chi connectivity index (χ0) is 18.1. The summed E-state index contributed by atoms with van der Waals surface area (Å²) < 4.78 is 5.23. The van der Waals surface area contributed by atoms with Gasteiger partial charge < -0.3 is 19.7 Å². The molecular weight excluding hydrogens is 334 g/mol. The molecule has 9 heteroatoms. The SMILES string of the molecule is Cc1noc(C)c1-c1nc(NCCCN2CCCC2=O)c2[nH]cnc2n1. The van der Waals surface area contributed by atoms with Crippen LogP contribution in [-0.2, 0) is 4.79 Å². The van der Waals surface area contributed by atoms with E-state index in [1.807, 2.05) is 18.7 Å². The van der Waals surface area contributed by atoms with E-state index in [1.54, 1.807) is 6.33 Å². The molecular formula is C17H21N7O2. The lowest BCUT2D eigenvalue weighted by molar-refractivity contribution is -0.127. The lowest BCUT2D eigenvalue weighted by Gasteiger charge is -2.15. The van der Waals surface area contributed by atoms with Gasteiger partial charge in [-0.2, -0.15) is 0 Å². The second kappa shape index (κ2) is 6.74. The highest BCUT2D eigenvalue weighted by Crippen LogP contribution is 2.27. The van der Waals surface area contributed by atoms with Crippen LogP contribution >= 0.6 is 0 Å². The van der Waals surface area contributed by atoms with Crippen LogP contribution in [0.4, 0.5) is 5.82 Å². The first kappa shape index (κ1) is 16.5. The number of fused-ring (bicyclic) bond motifs is 1. The van der Waals surface area contributed by atoms with Gasteiger partial charge >= 0.3 is 0 Å². The highest BCUT2D eigenvalue weighted by molar-refractivity contribution is 5.84. The van der Waals surface area contributed by atoms with E-state index in [0.717, 1.165) is 42.7 Å². The number of carbonyl (C=O) groups is 1. The van der Waals surface area contributed by atoms with Crippen LogP contribution in [0.15, 0.2) is 10.9 Å². The van der Waals surface area contributed by atoms with Gasteiger partial charge in [-0.3, -0.25) is 4.79 Å². The normalized spacial score (nSPS) is 14.5. The first-order chi connectivity index (χ1) is 12.6. The molecule has 0 radical (unpaired) electrons. The number of hydrogen-bond acceptors (Lipinski definition) is 7. The van der Waals surface area contributed by atoms with Crippen LogP contribution in [0.3, 0.4) is 0 Å². The van der Waals surface area contributed by atoms with Crippen molar-refractivity contribution >= 4 is 22.9 Å². The van der Waals surface area contributed by atoms with Crippen molar-refractivity contribution in [2.75, 3.05) is 25.0 Å². The van der Waals surface area contributed by atoms with E-state index in [9.17, 15) is 4.79 Å². The largest absolute Gasteiger partial charge is 0.368 e. The third-order valence-corrected chi connectivity index (χ3v) is 4.61. The molecule has 4 heterocycles. The molecule has 0 bridgehead atoms. The second-order valence-corrected chi connectivity index (χ2v) is 6.46. The number of anilines is 1. The molecule has 136 valence electrons. The van der Waals surface area contributed by atoms with E-state index in [2.05, 4.69) is 30.4 Å². The zero-order valence-electron chi connectivity index (χ0n) is 14.9. The summed E-state index contributed by atoms with van der Waals surface area (Å²) >= 11 is 0. The minimum absolute atomic E-state index is 0.253. The Morgan fingerprint density at radius 3 is 2.96 bits per heavy atom. The minimum Gasteiger partial charge on any atom is -0.368 e. The third-order valence-electron chi connectivity index (χ3n) is 4.61. The van der Waals surface area contributed by atoms with Gasteiger partial charge in [0.15, 0.2) is 17.3 Å². The number of aryl methyl sites for hydroxylation is 2. The number of aromatic nitrogens is 5. The first-order valence-electron chi connectivity index (χ1n) is 8.79. The zero-order valence-corrected chi connectivity index (χ0v) is 14.9. The Morgan fingerprint density at radius 2 is 2.23 bits per heavy atom. The number of H-pyrrole nitrogens is 1. The summed E-state index contributed by atoms with van der Waals surface area (Å²) in [4.78, 5) is 30.1. The van der Waals surface area contributed by atoms with Crippen molar-refractivity contribution in [3.63, 3.8) is 0 Å². The maximum absolute atomic E-state index is 11.7. The van der Waals surface area contributed by atoms with Crippen LogP contribution in [0.2, 0.25) is 0 Å². The molecule has 3 aromatic heterocycles. The summed E-state index contributed by atoms with van der Waals surface area (Å²) in [7, 11) is 0. The van der Waals surface area contributed by atoms with E-state index < -0.39 is 0 Å². The van der Waals surface area contributed by atoms with Crippen molar-refractivity contribution in [1.82, 2.24) is 30.0 Å². The summed E-state index contributed by atoms with van der Waals surface area (Å²) in [5, 5.41) is 7.32. The molecule has 9 nitrogen and oxygen atoms in total. The van der Waals surface area contributed by atoms with Crippen molar-refractivity contribution in [2.45, 2.75) is 33.1 Å². The Bertz CT molecular complexity index is 926. The fraction of sp³-hybridized carbons (Fsp3) is 0.471. The van der Waals surface area contributed by atoms with E-state index in [4.69, 9.17) is 4.52 Å². The van der Waals surface area contributed by atoms with E-state index in [1.165, 1.54) is 0 Å². The van der Waals surface area contributed by atoms with Crippen LogP contribution < -0.4 is 5.32 Å². The van der Waals surface area contributed by atoms with Crippen LogP contribution in [0.5, 0.6) is 0 Å². The summed E-state index contributed by atoms with van der Waals surface area (Å²) in [6.07, 6.45) is 4.10. The summed E-state index contributed by atoms with van der Waals surface area (Å²) in [6.45, 7) is 6.04. The number of aromatic amines is 1. The fourth-order valence-electron chi connectivity index (χ4n) is 3.29. The molecule has 4 rings (SSSR count). The monoisotopic (exact) mass is 355 g/mol. The van der Waals surface area contributed by atoms with Gasteiger partial charge in [0.2, 0.25) is 5.91 Å². The standard InChI is InChI=1S/C17H21N7O2/c1-10-13(11(2)26-23-10)15-21-16(14-17(22-15)20-9-19-14)18-6-4-8-24-7-3-5-12(24)25/h9H,3-8H2,1-2H3,(H2,18,19,20,21,22). The number of carbonyl (C=O) groups excluding carboxylic acids is 1. The second-order valence-electron chi connectivity index (χ2n) is 6.46. The molecule has 1 fully saturated rings. The summed E-state index contributed by atoms with van der Waals surface area (Å²) in [6, 6.07) is 0. The molecule has 1 aliphatic heterocycles. The molecule has 3 aromatic rings. The molecule has 0 aromatic carbocycles. The molecule has 1 aliphatic rings. The van der Waals surface area contributed by atoms with Gasteiger partial charge in [-0.05, 0) is 26.7 Å². The van der Waals surface area contributed by atoms with Gasteiger partial charge in [0.1, 0.15) is 11.3 Å². The quantitative estimate of drug-likeness (QED) is 0.651. The van der Waals surface area contributed by atoms with Gasteiger partial charge in [0.05, 0.1) is 17.6 Å². The van der Waals surface area contributed by atoms with Crippen molar-refractivity contribution in [3.05, 3.63) is 17.8 Å². The highest BCUT2D eigenvalue weighted by atomic mass is 16.5. The van der Waals surface area contributed by atoms with Gasteiger partial charge in [0.25, 0.3) is 0 Å². The molecule has 0 saturated carbocycles. The highest BCUT2D eigenvalue weighted by Gasteiger charge is 2.20. The van der Waals surface area contributed by atoms with Crippen molar-refractivity contribution in [1.29, 1.82) is 0 Å². The lowest BCUT2D eigenvalue weighted by Crippen LogP contribution is -2.27. The van der Waals surface area contributed by atoms with Crippen LogP contribution in [0.1, 0.15) is 30.7 Å². The average Bonchev–Trinajstić information content (AvgIpc) is 3.32. The molecule has 1 saturated heterocycles. The number of nitrogens with one attached hydrogen (secondary N) is 2. The van der Waals surface area contributed by atoms with Crippen molar-refractivity contribution in [2.24, 2.45) is 0 Å². The smallest absolute Gasteiger partial charge is 0.222 e. The van der Waals surface area contributed by atoms with E-state index >= 15 is 0 Å². The van der Waals surface area contributed by atoms with Crippen molar-refractivity contribution in [3.8, 4) is 11.4 Å². The summed E-state index contributed by atoms with van der Waals surface area (Å²) in [5.74, 6) is 2.16. The number of likely N-dealkylation sites (tertiary alicyclic amines) is 1. The average molecular weight is 355 g/mol. The van der Waals surface area contributed by atoms with Gasteiger partial charge in [-0.15, -0.1) is 0 Å². The minimum atomic E-state index is 0.253. The van der Waals surface area contributed by atoms with Gasteiger partial charge in [-0.1, -0.05) is 5.16 Å². The molecule has 0 atom stereocenters.